The van der Waals surface area contributed by atoms with Gasteiger partial charge in [-0.05, 0) is 10.4 Å². The smallest absolute Gasteiger partial charge is 0.222 e. The highest BCUT2D eigenvalue weighted by molar-refractivity contribution is 5.76. The lowest BCUT2D eigenvalue weighted by Gasteiger charge is -1.91. The van der Waals surface area contributed by atoms with Gasteiger partial charge in [-0.1, -0.05) is 0 Å². The topological polar surface area (TPSA) is 93.5 Å². The molecule has 1 aromatic heterocycles. The van der Waals surface area contributed by atoms with Crippen LogP contribution in [0.3, 0.4) is 0 Å². The SMILES string of the molecule is N=C(N)Cn1[c]nnn1. The molecule has 1 rings (SSSR count). The van der Waals surface area contributed by atoms with Gasteiger partial charge in [0.1, 0.15) is 12.4 Å². The zero-order valence-corrected chi connectivity index (χ0v) is 4.57. The second kappa shape index (κ2) is 2.21. The maximum atomic E-state index is 6.81. The Morgan fingerprint density at radius 1 is 1.78 bits per heavy atom. The van der Waals surface area contributed by atoms with E-state index in [9.17, 15) is 0 Å². The summed E-state index contributed by atoms with van der Waals surface area (Å²) < 4.78 is 1.25. The molecule has 0 bridgehead atoms. The fourth-order valence-corrected chi connectivity index (χ4v) is 0.388. The van der Waals surface area contributed by atoms with E-state index in [1.54, 1.807) is 0 Å². The van der Waals surface area contributed by atoms with Crippen LogP contribution in [0.2, 0.25) is 0 Å². The maximum Gasteiger partial charge on any atom is 0.222 e. The summed E-state index contributed by atoms with van der Waals surface area (Å²) in [5, 5.41) is 16.8. The summed E-state index contributed by atoms with van der Waals surface area (Å²) in [6, 6.07) is 0. The molecule has 0 saturated heterocycles. The predicted molar refractivity (Wildman–Crippen MR) is 28.6 cm³/mol. The molecular formula is C3H5N6. The van der Waals surface area contributed by atoms with Gasteiger partial charge in [0.05, 0.1) is 0 Å². The van der Waals surface area contributed by atoms with Gasteiger partial charge in [0, 0.05) is 0 Å². The number of aromatic nitrogens is 4. The van der Waals surface area contributed by atoms with Crippen LogP contribution in [0.1, 0.15) is 0 Å². The van der Waals surface area contributed by atoms with Crippen LogP contribution in [-0.2, 0) is 6.54 Å². The Balaban J connectivity index is 2.58. The average Bonchev–Trinajstić information content (AvgIpc) is 2.15. The van der Waals surface area contributed by atoms with Gasteiger partial charge in [0.15, 0.2) is 0 Å². The molecule has 9 heavy (non-hydrogen) atoms. The van der Waals surface area contributed by atoms with Crippen LogP contribution >= 0.6 is 0 Å². The summed E-state index contributed by atoms with van der Waals surface area (Å²) in [6.07, 6.45) is 2.39. The number of rotatable bonds is 2. The molecule has 0 aliphatic heterocycles. The van der Waals surface area contributed by atoms with Gasteiger partial charge < -0.3 is 5.73 Å². The van der Waals surface area contributed by atoms with Gasteiger partial charge in [0.25, 0.3) is 0 Å². The minimum atomic E-state index is 0.0125. The molecule has 0 aliphatic carbocycles. The molecule has 0 atom stereocenters. The molecule has 1 heterocycles. The van der Waals surface area contributed by atoms with Crippen LogP contribution < -0.4 is 5.73 Å². The Morgan fingerprint density at radius 2 is 2.56 bits per heavy atom. The van der Waals surface area contributed by atoms with Gasteiger partial charge >= 0.3 is 0 Å². The molecule has 0 aliphatic rings. The minimum Gasteiger partial charge on any atom is -0.386 e. The van der Waals surface area contributed by atoms with Gasteiger partial charge in [-0.25, -0.2) is 4.68 Å². The summed E-state index contributed by atoms with van der Waals surface area (Å²) in [5.74, 6) is 0.0125. The minimum absolute atomic E-state index is 0.0125. The largest absolute Gasteiger partial charge is 0.386 e. The maximum absolute atomic E-state index is 6.81. The van der Waals surface area contributed by atoms with Crippen molar-refractivity contribution in [1.82, 2.24) is 20.2 Å². The van der Waals surface area contributed by atoms with Gasteiger partial charge in [-0.3, -0.25) is 5.41 Å². The van der Waals surface area contributed by atoms with E-state index in [4.69, 9.17) is 11.1 Å². The third kappa shape index (κ3) is 1.48. The first-order valence-electron chi connectivity index (χ1n) is 2.26. The first kappa shape index (κ1) is 5.67. The second-order valence-electron chi connectivity index (χ2n) is 1.46. The molecule has 3 N–H and O–H groups in total. The molecule has 0 unspecified atom stereocenters. The number of hydrogen-bond donors (Lipinski definition) is 2. The lowest BCUT2D eigenvalue weighted by atomic mass is 10.6. The number of hydrogen-bond acceptors (Lipinski definition) is 4. The number of tetrazole rings is 1. The fraction of sp³-hybridized carbons (Fsp3) is 0.333. The third-order valence-electron chi connectivity index (χ3n) is 0.673. The number of amidine groups is 1. The molecule has 6 nitrogen and oxygen atoms in total. The van der Waals surface area contributed by atoms with Crippen LogP contribution in [0.15, 0.2) is 0 Å². The van der Waals surface area contributed by atoms with Crippen molar-refractivity contribution in [3.8, 4) is 0 Å². The van der Waals surface area contributed by atoms with Gasteiger partial charge in [-0.15, -0.1) is 5.10 Å². The van der Waals surface area contributed by atoms with Gasteiger partial charge in [0.2, 0.25) is 6.33 Å². The van der Waals surface area contributed by atoms with Crippen molar-refractivity contribution >= 4 is 5.84 Å². The van der Waals surface area contributed by atoms with Crippen molar-refractivity contribution in [2.45, 2.75) is 6.54 Å². The molecule has 1 radical (unpaired) electrons. The number of nitrogens with two attached hydrogens (primary N) is 1. The van der Waals surface area contributed by atoms with Gasteiger partial charge in [-0.2, -0.15) is 0 Å². The molecule has 0 saturated carbocycles. The molecule has 6 heteroatoms. The number of nitrogens with zero attached hydrogens (tertiary/aromatic N) is 4. The first-order valence-corrected chi connectivity index (χ1v) is 2.26. The molecule has 1 aromatic rings. The first-order chi connectivity index (χ1) is 4.29. The Morgan fingerprint density at radius 3 is 3.00 bits per heavy atom. The predicted octanol–water partition coefficient (Wildman–Crippen LogP) is -1.59. The Labute approximate surface area is 51.2 Å². The fourth-order valence-electron chi connectivity index (χ4n) is 0.388. The highest BCUT2D eigenvalue weighted by Gasteiger charge is 1.92. The Hall–Kier alpha value is -1.46. The van der Waals surface area contributed by atoms with E-state index in [1.807, 2.05) is 0 Å². The van der Waals surface area contributed by atoms with E-state index >= 15 is 0 Å². The van der Waals surface area contributed by atoms with Crippen molar-refractivity contribution in [1.29, 1.82) is 5.41 Å². The van der Waals surface area contributed by atoms with Crippen LogP contribution in [-0.4, -0.2) is 26.0 Å². The van der Waals surface area contributed by atoms with Crippen molar-refractivity contribution < 1.29 is 0 Å². The van der Waals surface area contributed by atoms with Crippen molar-refractivity contribution in [2.24, 2.45) is 5.73 Å². The molecule has 0 fully saturated rings. The highest BCUT2D eigenvalue weighted by Crippen LogP contribution is 1.72. The van der Waals surface area contributed by atoms with E-state index in [2.05, 4.69) is 21.9 Å². The van der Waals surface area contributed by atoms with Crippen LogP contribution in [0, 0.1) is 11.7 Å². The lowest BCUT2D eigenvalue weighted by molar-refractivity contribution is 0.670. The number of nitrogens with one attached hydrogen (secondary N) is 1. The van der Waals surface area contributed by atoms with E-state index in [1.165, 1.54) is 4.68 Å². The van der Waals surface area contributed by atoms with E-state index in [0.29, 0.717) is 0 Å². The van der Waals surface area contributed by atoms with Crippen LogP contribution in [0.5, 0.6) is 0 Å². The van der Waals surface area contributed by atoms with E-state index in [0.717, 1.165) is 0 Å². The molecule has 0 amide bonds. The Bertz CT molecular complexity index is 188. The summed E-state index contributed by atoms with van der Waals surface area (Å²) in [7, 11) is 0. The van der Waals surface area contributed by atoms with Crippen LogP contribution in [0.4, 0.5) is 0 Å². The zero-order chi connectivity index (χ0) is 6.69. The standard InChI is InChI=1S/C3H5N6/c4-3(5)1-9-2-6-7-8-9/h1H2,(H3,4,5). The second-order valence-corrected chi connectivity index (χ2v) is 1.46. The summed E-state index contributed by atoms with van der Waals surface area (Å²) >= 11 is 0. The quantitative estimate of drug-likeness (QED) is 0.368. The van der Waals surface area contributed by atoms with Crippen molar-refractivity contribution in [3.63, 3.8) is 0 Å². The lowest BCUT2D eigenvalue weighted by Crippen LogP contribution is -2.18. The monoisotopic (exact) mass is 125 g/mol. The van der Waals surface area contributed by atoms with E-state index < -0.39 is 0 Å². The zero-order valence-electron chi connectivity index (χ0n) is 4.57. The molecular weight excluding hydrogens is 120 g/mol. The summed E-state index contributed by atoms with van der Waals surface area (Å²) in [5.41, 5.74) is 5.03. The third-order valence-corrected chi connectivity index (χ3v) is 0.673. The van der Waals surface area contributed by atoms with Crippen molar-refractivity contribution in [3.05, 3.63) is 6.33 Å². The average molecular weight is 125 g/mol. The summed E-state index contributed by atoms with van der Waals surface area (Å²) in [4.78, 5) is 0. The molecule has 0 aromatic carbocycles. The van der Waals surface area contributed by atoms with E-state index in [-0.39, 0.29) is 12.4 Å². The Kier molecular flexibility index (Phi) is 1.39. The highest BCUT2D eigenvalue weighted by atomic mass is 15.5. The molecule has 0 spiro atoms. The van der Waals surface area contributed by atoms with Crippen molar-refractivity contribution in [2.75, 3.05) is 0 Å². The summed E-state index contributed by atoms with van der Waals surface area (Å²) in [6.45, 7) is 0.201. The van der Waals surface area contributed by atoms with Crippen LogP contribution in [0.25, 0.3) is 0 Å². The molecule has 47 valence electrons. The normalized spacial score (nSPS) is 9.33.